The number of quaternary nitrogens is 1. The SMILES string of the molecule is COc1ccc(NC(=O)Nc2nnc(SCC[NH+]3CCCC3)s2)cc1. The Morgan fingerprint density at radius 2 is 2.00 bits per heavy atom. The molecule has 0 saturated carbocycles. The highest BCUT2D eigenvalue weighted by molar-refractivity contribution is 8.01. The van der Waals surface area contributed by atoms with E-state index in [9.17, 15) is 4.79 Å². The molecule has 0 aliphatic carbocycles. The van der Waals surface area contributed by atoms with Crippen molar-refractivity contribution >= 4 is 39.9 Å². The molecule has 0 atom stereocenters. The molecule has 9 heteroatoms. The van der Waals surface area contributed by atoms with E-state index < -0.39 is 0 Å². The fourth-order valence-electron chi connectivity index (χ4n) is 2.66. The van der Waals surface area contributed by atoms with Crippen molar-refractivity contribution in [1.29, 1.82) is 0 Å². The number of likely N-dealkylation sites (tertiary alicyclic amines) is 1. The van der Waals surface area contributed by atoms with Gasteiger partial charge in [-0.3, -0.25) is 5.32 Å². The maximum atomic E-state index is 12.0. The molecule has 0 unspecified atom stereocenters. The van der Waals surface area contributed by atoms with Crippen LogP contribution in [0, 0.1) is 0 Å². The quantitative estimate of drug-likeness (QED) is 0.505. The molecular weight excluding hydrogens is 358 g/mol. The topological polar surface area (TPSA) is 80.6 Å². The number of nitrogens with zero attached hydrogens (tertiary/aromatic N) is 2. The van der Waals surface area contributed by atoms with E-state index in [-0.39, 0.29) is 6.03 Å². The smallest absolute Gasteiger partial charge is 0.325 e. The zero-order chi connectivity index (χ0) is 17.5. The highest BCUT2D eigenvalue weighted by Crippen LogP contribution is 2.25. The van der Waals surface area contributed by atoms with Crippen LogP contribution in [-0.2, 0) is 0 Å². The first-order chi connectivity index (χ1) is 12.2. The second-order valence-electron chi connectivity index (χ2n) is 5.74. The number of hydrogen-bond acceptors (Lipinski definition) is 6. The average molecular weight is 381 g/mol. The van der Waals surface area contributed by atoms with Crippen LogP contribution in [-0.4, -0.2) is 48.7 Å². The highest BCUT2D eigenvalue weighted by atomic mass is 32.2. The molecule has 134 valence electrons. The summed E-state index contributed by atoms with van der Waals surface area (Å²) in [6.07, 6.45) is 2.69. The minimum Gasteiger partial charge on any atom is -0.497 e. The lowest BCUT2D eigenvalue weighted by Gasteiger charge is -2.10. The third-order valence-electron chi connectivity index (χ3n) is 3.97. The monoisotopic (exact) mass is 380 g/mol. The van der Waals surface area contributed by atoms with Gasteiger partial charge in [-0.25, -0.2) is 4.79 Å². The summed E-state index contributed by atoms with van der Waals surface area (Å²) in [6, 6.07) is 6.80. The molecule has 1 aliphatic heterocycles. The number of carbonyl (C=O) groups is 1. The van der Waals surface area contributed by atoms with Crippen molar-refractivity contribution in [2.45, 2.75) is 17.2 Å². The Labute approximate surface area is 155 Å². The predicted molar refractivity (Wildman–Crippen MR) is 101 cm³/mol. The molecule has 25 heavy (non-hydrogen) atoms. The van der Waals surface area contributed by atoms with E-state index in [2.05, 4.69) is 20.8 Å². The summed E-state index contributed by atoms with van der Waals surface area (Å²) in [6.45, 7) is 3.73. The van der Waals surface area contributed by atoms with Crippen molar-refractivity contribution in [2.75, 3.05) is 43.1 Å². The standard InChI is InChI=1S/C16H21N5O2S2/c1-23-13-6-4-12(5-7-13)17-14(22)18-15-19-20-16(25-15)24-11-10-21-8-2-3-9-21/h4-7H,2-3,8-11H2,1H3,(H2,17,18,19,22)/p+1. The van der Waals surface area contributed by atoms with Gasteiger partial charge < -0.3 is 15.0 Å². The third kappa shape index (κ3) is 5.58. The van der Waals surface area contributed by atoms with Crippen LogP contribution in [0.4, 0.5) is 15.6 Å². The molecule has 2 aromatic rings. The molecule has 7 nitrogen and oxygen atoms in total. The van der Waals surface area contributed by atoms with Gasteiger partial charge in [0, 0.05) is 24.3 Å². The molecule has 0 radical (unpaired) electrons. The molecule has 0 bridgehead atoms. The van der Waals surface area contributed by atoms with Crippen LogP contribution in [0.25, 0.3) is 0 Å². The van der Waals surface area contributed by atoms with Crippen molar-refractivity contribution in [3.63, 3.8) is 0 Å². The lowest BCUT2D eigenvalue weighted by atomic mass is 10.3. The Balaban J connectivity index is 1.42. The van der Waals surface area contributed by atoms with Crippen LogP contribution in [0.2, 0.25) is 0 Å². The summed E-state index contributed by atoms with van der Waals surface area (Å²) in [7, 11) is 1.60. The minimum absolute atomic E-state index is 0.334. The van der Waals surface area contributed by atoms with Gasteiger partial charge in [-0.1, -0.05) is 23.1 Å². The number of benzene rings is 1. The number of thioether (sulfide) groups is 1. The van der Waals surface area contributed by atoms with Gasteiger partial charge in [0.25, 0.3) is 0 Å². The van der Waals surface area contributed by atoms with E-state index >= 15 is 0 Å². The van der Waals surface area contributed by atoms with Crippen molar-refractivity contribution in [2.24, 2.45) is 0 Å². The van der Waals surface area contributed by atoms with Crippen LogP contribution in [0.15, 0.2) is 28.6 Å². The van der Waals surface area contributed by atoms with Crippen molar-refractivity contribution in [3.05, 3.63) is 24.3 Å². The molecular formula is C16H22N5O2S2+. The fraction of sp³-hybridized carbons (Fsp3) is 0.438. The van der Waals surface area contributed by atoms with Crippen LogP contribution < -0.4 is 20.3 Å². The number of amides is 2. The summed E-state index contributed by atoms with van der Waals surface area (Å²) in [5.74, 6) is 1.77. The Morgan fingerprint density at radius 1 is 1.24 bits per heavy atom. The Kier molecular flexibility index (Phi) is 6.48. The van der Waals surface area contributed by atoms with E-state index in [1.54, 1.807) is 48.0 Å². The van der Waals surface area contributed by atoms with Gasteiger partial charge in [0.15, 0.2) is 4.34 Å². The van der Waals surface area contributed by atoms with Gasteiger partial charge in [0.05, 0.1) is 26.7 Å². The van der Waals surface area contributed by atoms with E-state index in [1.165, 1.54) is 37.3 Å². The van der Waals surface area contributed by atoms with Crippen LogP contribution in [0.5, 0.6) is 5.75 Å². The second-order valence-corrected chi connectivity index (χ2v) is 8.06. The Hall–Kier alpha value is -1.84. The van der Waals surface area contributed by atoms with Crippen LogP contribution in [0.1, 0.15) is 12.8 Å². The molecule has 1 aliphatic rings. The summed E-state index contributed by atoms with van der Waals surface area (Å²) < 4.78 is 5.98. The maximum Gasteiger partial charge on any atom is 0.325 e. The summed E-state index contributed by atoms with van der Waals surface area (Å²) in [5.41, 5.74) is 0.686. The number of carbonyl (C=O) groups excluding carboxylic acids is 1. The minimum atomic E-state index is -0.334. The largest absolute Gasteiger partial charge is 0.497 e. The van der Waals surface area contributed by atoms with E-state index in [4.69, 9.17) is 4.74 Å². The van der Waals surface area contributed by atoms with Gasteiger partial charge in [0.2, 0.25) is 5.13 Å². The third-order valence-corrected chi connectivity index (χ3v) is 5.94. The lowest BCUT2D eigenvalue weighted by molar-refractivity contribution is -0.884. The first-order valence-corrected chi connectivity index (χ1v) is 10.0. The molecule has 1 aromatic carbocycles. The molecule has 1 fully saturated rings. The maximum absolute atomic E-state index is 12.0. The molecule has 3 N–H and O–H groups in total. The number of methoxy groups -OCH3 is 1. The summed E-state index contributed by atoms with van der Waals surface area (Å²) in [5, 5.41) is 14.1. The number of hydrogen-bond donors (Lipinski definition) is 3. The molecule has 2 heterocycles. The fourth-order valence-corrected chi connectivity index (χ4v) is 4.52. The molecule has 0 spiro atoms. The van der Waals surface area contributed by atoms with E-state index in [0.717, 1.165) is 22.4 Å². The summed E-state index contributed by atoms with van der Waals surface area (Å²) in [4.78, 5) is 13.7. The van der Waals surface area contributed by atoms with Crippen molar-refractivity contribution < 1.29 is 14.4 Å². The lowest BCUT2D eigenvalue weighted by Crippen LogP contribution is -3.10. The molecule has 1 aromatic heterocycles. The predicted octanol–water partition coefficient (Wildman–Crippen LogP) is 1.96. The van der Waals surface area contributed by atoms with Crippen LogP contribution in [0.3, 0.4) is 0 Å². The molecule has 2 amide bonds. The molecule has 1 saturated heterocycles. The number of aromatic nitrogens is 2. The Bertz CT molecular complexity index is 686. The van der Waals surface area contributed by atoms with Crippen molar-refractivity contribution in [3.8, 4) is 5.75 Å². The number of nitrogens with one attached hydrogen (secondary N) is 3. The van der Waals surface area contributed by atoms with Crippen LogP contribution >= 0.6 is 23.1 Å². The average Bonchev–Trinajstić information content (AvgIpc) is 3.28. The first kappa shape index (κ1) is 18.0. The zero-order valence-electron chi connectivity index (χ0n) is 14.1. The van der Waals surface area contributed by atoms with Crippen molar-refractivity contribution in [1.82, 2.24) is 10.2 Å². The second kappa shape index (κ2) is 9.02. The Morgan fingerprint density at radius 3 is 2.72 bits per heavy atom. The van der Waals surface area contributed by atoms with Gasteiger partial charge in [-0.2, -0.15) is 0 Å². The normalized spacial score (nSPS) is 14.4. The first-order valence-electron chi connectivity index (χ1n) is 8.25. The van der Waals surface area contributed by atoms with Gasteiger partial charge in [-0.05, 0) is 24.3 Å². The van der Waals surface area contributed by atoms with E-state index in [1.807, 2.05) is 0 Å². The number of ether oxygens (including phenoxy) is 1. The number of urea groups is 1. The van der Waals surface area contributed by atoms with Gasteiger partial charge in [-0.15, -0.1) is 10.2 Å². The number of anilines is 2. The van der Waals surface area contributed by atoms with Gasteiger partial charge >= 0.3 is 6.03 Å². The zero-order valence-corrected chi connectivity index (χ0v) is 15.7. The van der Waals surface area contributed by atoms with E-state index in [0.29, 0.717) is 10.8 Å². The van der Waals surface area contributed by atoms with Gasteiger partial charge in [0.1, 0.15) is 5.75 Å². The summed E-state index contributed by atoms with van der Waals surface area (Å²) >= 11 is 3.10. The number of rotatable bonds is 7. The molecule has 3 rings (SSSR count). The highest BCUT2D eigenvalue weighted by Gasteiger charge is 2.15.